The van der Waals surface area contributed by atoms with Crippen molar-refractivity contribution in [1.29, 1.82) is 0 Å². The molecule has 2 unspecified atom stereocenters. The average Bonchev–Trinajstić information content (AvgIpc) is 2.47. The van der Waals surface area contributed by atoms with Crippen molar-refractivity contribution in [3.05, 3.63) is 0 Å². The second kappa shape index (κ2) is 3.53. The smallest absolute Gasteiger partial charge is 0.254 e. The largest absolute Gasteiger partial charge is 0.339 e. The molecule has 3 aliphatic rings. The highest BCUT2D eigenvalue weighted by Crippen LogP contribution is 2.51. The molecule has 2 saturated heterocycles. The fourth-order valence-corrected chi connectivity index (χ4v) is 4.49. The van der Waals surface area contributed by atoms with E-state index < -0.39 is 5.60 Å². The normalized spacial score (nSPS) is 42.2. The molecule has 0 aromatic carbocycles. The second-order valence-electron chi connectivity index (χ2n) is 8.13. The Bertz CT molecular complexity index is 414. The van der Waals surface area contributed by atoms with E-state index in [1.54, 1.807) is 0 Å². The van der Waals surface area contributed by atoms with Gasteiger partial charge in [-0.15, -0.1) is 0 Å². The molecule has 1 saturated carbocycles. The van der Waals surface area contributed by atoms with Crippen LogP contribution in [-0.2, 0) is 9.53 Å². The third kappa shape index (κ3) is 1.91. The van der Waals surface area contributed by atoms with Crippen molar-refractivity contribution in [2.24, 2.45) is 5.92 Å². The minimum absolute atomic E-state index is 0.0857. The topological polar surface area (TPSA) is 50.4 Å². The SMILES string of the molecule is CC1CCC12NC(=O)C1(CC(C)(C)NC(C)(C)C1)O2. The van der Waals surface area contributed by atoms with Crippen LogP contribution in [0.3, 0.4) is 0 Å². The van der Waals surface area contributed by atoms with Gasteiger partial charge in [-0.25, -0.2) is 0 Å². The summed E-state index contributed by atoms with van der Waals surface area (Å²) < 4.78 is 6.41. The zero-order chi connectivity index (χ0) is 14.1. The van der Waals surface area contributed by atoms with Crippen molar-refractivity contribution in [3.8, 4) is 0 Å². The van der Waals surface area contributed by atoms with Crippen molar-refractivity contribution < 1.29 is 9.53 Å². The molecule has 0 radical (unpaired) electrons. The first-order valence-corrected chi connectivity index (χ1v) is 7.40. The lowest BCUT2D eigenvalue weighted by Gasteiger charge is -2.51. The number of carbonyl (C=O) groups excluding carboxylic acids is 1. The van der Waals surface area contributed by atoms with Crippen LogP contribution >= 0.6 is 0 Å². The van der Waals surface area contributed by atoms with Crippen molar-refractivity contribution in [2.45, 2.75) is 82.7 Å². The summed E-state index contributed by atoms with van der Waals surface area (Å²) in [6.07, 6.45) is 3.57. The molecule has 1 amide bonds. The first kappa shape index (κ1) is 13.4. The molecule has 0 aromatic rings. The molecule has 3 fully saturated rings. The van der Waals surface area contributed by atoms with Crippen LogP contribution in [0.5, 0.6) is 0 Å². The van der Waals surface area contributed by atoms with Gasteiger partial charge in [-0.2, -0.15) is 0 Å². The van der Waals surface area contributed by atoms with Gasteiger partial charge in [0, 0.05) is 29.8 Å². The van der Waals surface area contributed by atoms with Crippen molar-refractivity contribution >= 4 is 5.91 Å². The number of amides is 1. The van der Waals surface area contributed by atoms with Gasteiger partial charge in [0.1, 0.15) is 5.72 Å². The van der Waals surface area contributed by atoms with Crippen LogP contribution in [0.2, 0.25) is 0 Å². The van der Waals surface area contributed by atoms with Gasteiger partial charge in [0.25, 0.3) is 5.91 Å². The van der Waals surface area contributed by atoms with E-state index in [0.29, 0.717) is 5.92 Å². The summed E-state index contributed by atoms with van der Waals surface area (Å²) >= 11 is 0. The average molecular weight is 266 g/mol. The summed E-state index contributed by atoms with van der Waals surface area (Å²) in [4.78, 5) is 12.6. The van der Waals surface area contributed by atoms with E-state index in [2.05, 4.69) is 45.3 Å². The number of rotatable bonds is 0. The van der Waals surface area contributed by atoms with Crippen LogP contribution in [0.1, 0.15) is 60.3 Å². The number of nitrogens with one attached hydrogen (secondary N) is 2. The van der Waals surface area contributed by atoms with E-state index >= 15 is 0 Å². The number of piperidine rings is 1. The maximum Gasteiger partial charge on any atom is 0.254 e. The van der Waals surface area contributed by atoms with Crippen molar-refractivity contribution in [2.75, 3.05) is 0 Å². The summed E-state index contributed by atoms with van der Waals surface area (Å²) in [7, 11) is 0. The molecule has 0 aromatic heterocycles. The third-order valence-electron chi connectivity index (χ3n) is 4.99. The molecule has 1 aliphatic carbocycles. The monoisotopic (exact) mass is 266 g/mol. The molecule has 19 heavy (non-hydrogen) atoms. The molecule has 2 atom stereocenters. The van der Waals surface area contributed by atoms with Crippen LogP contribution in [0, 0.1) is 5.92 Å². The third-order valence-corrected chi connectivity index (χ3v) is 4.99. The minimum Gasteiger partial charge on any atom is -0.339 e. The molecule has 0 bridgehead atoms. The fourth-order valence-electron chi connectivity index (χ4n) is 4.49. The summed E-state index contributed by atoms with van der Waals surface area (Å²) in [5, 5.41) is 6.78. The van der Waals surface area contributed by atoms with Gasteiger partial charge < -0.3 is 15.4 Å². The molecule has 3 rings (SSSR count). The first-order valence-electron chi connectivity index (χ1n) is 7.40. The molecular formula is C15H26N2O2. The molecule has 2 spiro atoms. The van der Waals surface area contributed by atoms with Gasteiger partial charge in [-0.3, -0.25) is 4.79 Å². The zero-order valence-electron chi connectivity index (χ0n) is 12.7. The number of ether oxygens (including phenoxy) is 1. The Morgan fingerprint density at radius 1 is 1.16 bits per heavy atom. The standard InChI is InChI=1S/C15H26N2O2/c1-10-6-7-15(10)16-11(18)14(19-15)8-12(2,3)17-13(4,5)9-14/h10,17H,6-9H2,1-5H3,(H,16,18). The molecule has 4 nitrogen and oxygen atoms in total. The van der Waals surface area contributed by atoms with E-state index in [0.717, 1.165) is 25.7 Å². The Morgan fingerprint density at radius 3 is 2.11 bits per heavy atom. The van der Waals surface area contributed by atoms with Gasteiger partial charge in [0.15, 0.2) is 5.60 Å². The fraction of sp³-hybridized carbons (Fsp3) is 0.933. The van der Waals surface area contributed by atoms with Crippen molar-refractivity contribution in [3.63, 3.8) is 0 Å². The Kier molecular flexibility index (Phi) is 2.48. The van der Waals surface area contributed by atoms with E-state index in [1.165, 1.54) is 0 Å². The van der Waals surface area contributed by atoms with Crippen LogP contribution in [-0.4, -0.2) is 28.3 Å². The van der Waals surface area contributed by atoms with Crippen molar-refractivity contribution in [1.82, 2.24) is 10.6 Å². The molecule has 108 valence electrons. The highest BCUT2D eigenvalue weighted by molar-refractivity contribution is 5.88. The van der Waals surface area contributed by atoms with E-state index in [4.69, 9.17) is 4.74 Å². The summed E-state index contributed by atoms with van der Waals surface area (Å²) in [5.74, 6) is 0.527. The molecule has 4 heteroatoms. The van der Waals surface area contributed by atoms with Crippen LogP contribution < -0.4 is 10.6 Å². The predicted molar refractivity (Wildman–Crippen MR) is 73.6 cm³/mol. The summed E-state index contributed by atoms with van der Waals surface area (Å²) in [6, 6.07) is 0. The maximum atomic E-state index is 12.6. The predicted octanol–water partition coefficient (Wildman–Crippen LogP) is 1.94. The van der Waals surface area contributed by atoms with Crippen LogP contribution in [0.25, 0.3) is 0 Å². The number of hydrogen-bond acceptors (Lipinski definition) is 3. The van der Waals surface area contributed by atoms with Crippen LogP contribution in [0.15, 0.2) is 0 Å². The maximum absolute atomic E-state index is 12.6. The summed E-state index contributed by atoms with van der Waals surface area (Å²) in [5.41, 5.74) is -1.19. The highest BCUT2D eigenvalue weighted by Gasteiger charge is 2.64. The Balaban J connectivity index is 1.93. The van der Waals surface area contributed by atoms with E-state index in [1.807, 2.05) is 0 Å². The van der Waals surface area contributed by atoms with Gasteiger partial charge >= 0.3 is 0 Å². The lowest BCUT2D eigenvalue weighted by molar-refractivity contribution is -0.201. The lowest BCUT2D eigenvalue weighted by atomic mass is 9.72. The Labute approximate surface area is 115 Å². The van der Waals surface area contributed by atoms with Gasteiger partial charge in [-0.05, 0) is 40.5 Å². The first-order chi connectivity index (χ1) is 8.58. The number of hydrogen-bond donors (Lipinski definition) is 2. The zero-order valence-corrected chi connectivity index (χ0v) is 12.7. The van der Waals surface area contributed by atoms with Crippen LogP contribution in [0.4, 0.5) is 0 Å². The molecule has 2 aliphatic heterocycles. The molecule has 2 heterocycles. The van der Waals surface area contributed by atoms with Gasteiger partial charge in [-0.1, -0.05) is 6.92 Å². The molecular weight excluding hydrogens is 240 g/mol. The van der Waals surface area contributed by atoms with E-state index in [9.17, 15) is 4.79 Å². The second-order valence-corrected chi connectivity index (χ2v) is 8.13. The minimum atomic E-state index is -0.646. The quantitative estimate of drug-likeness (QED) is 0.704. The summed E-state index contributed by atoms with van der Waals surface area (Å²) in [6.45, 7) is 10.8. The van der Waals surface area contributed by atoms with Gasteiger partial charge in [0.05, 0.1) is 0 Å². The van der Waals surface area contributed by atoms with Gasteiger partial charge in [0.2, 0.25) is 0 Å². The molecule has 2 N–H and O–H groups in total. The highest BCUT2D eigenvalue weighted by atomic mass is 16.6. The lowest BCUT2D eigenvalue weighted by Crippen LogP contribution is -2.65. The number of carbonyl (C=O) groups is 1. The Morgan fingerprint density at radius 2 is 1.74 bits per heavy atom. The Hall–Kier alpha value is -0.610. The van der Waals surface area contributed by atoms with E-state index in [-0.39, 0.29) is 22.7 Å².